The first kappa shape index (κ1) is 37.4. The normalized spacial score (nSPS) is 11.0. The molecular formula is C35H46N2O10. The lowest BCUT2D eigenvalue weighted by molar-refractivity contribution is -0.0108. The van der Waals surface area contributed by atoms with E-state index in [9.17, 15) is 9.59 Å². The summed E-state index contributed by atoms with van der Waals surface area (Å²) in [6.45, 7) is 13.6. The van der Waals surface area contributed by atoms with Crippen LogP contribution in [-0.4, -0.2) is 98.3 Å². The summed E-state index contributed by atoms with van der Waals surface area (Å²) in [4.78, 5) is 25.6. The van der Waals surface area contributed by atoms with Crippen molar-refractivity contribution in [2.75, 3.05) is 92.4 Å². The van der Waals surface area contributed by atoms with Crippen molar-refractivity contribution in [3.05, 3.63) is 83.6 Å². The van der Waals surface area contributed by atoms with Crippen molar-refractivity contribution < 1.29 is 42.4 Å². The van der Waals surface area contributed by atoms with Crippen molar-refractivity contribution in [2.45, 2.75) is 6.42 Å². The van der Waals surface area contributed by atoms with Crippen LogP contribution in [0.3, 0.4) is 0 Å². The standard InChI is InChI=1S/C35H46N2O10/c1-3-14-45-31-11-10-29-30(38)26-32(47-33(29)34(31)46-15-4-2)27-6-8-28(9-7-27)35(39)37-13-17-41-19-21-43-23-25-44-24-22-42-20-18-40-16-5-12-36/h3-4,6-11,26H,1-2,5,12-25,36H2,(H,37,39). The quantitative estimate of drug-likeness (QED) is 0.0963. The molecule has 12 nitrogen and oxygen atoms in total. The van der Waals surface area contributed by atoms with Crippen LogP contribution in [0.25, 0.3) is 22.3 Å². The summed E-state index contributed by atoms with van der Waals surface area (Å²) >= 11 is 0. The van der Waals surface area contributed by atoms with Crippen LogP contribution in [0.2, 0.25) is 0 Å². The Morgan fingerprint density at radius 1 is 0.766 bits per heavy atom. The van der Waals surface area contributed by atoms with Gasteiger partial charge >= 0.3 is 0 Å². The third-order valence-electron chi connectivity index (χ3n) is 6.46. The molecule has 0 radical (unpaired) electrons. The number of rotatable bonds is 26. The van der Waals surface area contributed by atoms with Gasteiger partial charge in [-0.2, -0.15) is 0 Å². The topological polar surface area (TPSA) is 150 Å². The van der Waals surface area contributed by atoms with Crippen molar-refractivity contribution in [3.8, 4) is 22.8 Å². The Balaban J connectivity index is 1.35. The number of nitrogens with one attached hydrogen (secondary N) is 1. The molecule has 1 heterocycles. The average molecular weight is 655 g/mol. The van der Waals surface area contributed by atoms with Gasteiger partial charge in [-0.15, -0.1) is 0 Å². The van der Waals surface area contributed by atoms with E-state index in [4.69, 9.17) is 43.3 Å². The van der Waals surface area contributed by atoms with Gasteiger partial charge in [-0.25, -0.2) is 0 Å². The number of hydrogen-bond donors (Lipinski definition) is 2. The van der Waals surface area contributed by atoms with E-state index in [0.29, 0.717) is 113 Å². The smallest absolute Gasteiger partial charge is 0.251 e. The third-order valence-corrected chi connectivity index (χ3v) is 6.46. The largest absolute Gasteiger partial charge is 0.486 e. The predicted octanol–water partition coefficient (Wildman–Crippen LogP) is 3.75. The van der Waals surface area contributed by atoms with Gasteiger partial charge in [0.15, 0.2) is 16.8 Å². The average Bonchev–Trinajstić information content (AvgIpc) is 3.09. The molecule has 0 fully saturated rings. The van der Waals surface area contributed by atoms with Gasteiger partial charge in [0, 0.05) is 30.3 Å². The number of amides is 1. The molecule has 3 N–H and O–H groups in total. The molecule has 0 saturated heterocycles. The molecule has 0 atom stereocenters. The molecule has 3 rings (SSSR count). The van der Waals surface area contributed by atoms with Gasteiger partial charge in [0.1, 0.15) is 19.0 Å². The minimum absolute atomic E-state index is 0.195. The third kappa shape index (κ3) is 13.3. The first-order valence-corrected chi connectivity index (χ1v) is 15.6. The van der Waals surface area contributed by atoms with Gasteiger partial charge in [0.25, 0.3) is 5.91 Å². The maximum Gasteiger partial charge on any atom is 0.251 e. The van der Waals surface area contributed by atoms with Gasteiger partial charge in [-0.3, -0.25) is 9.59 Å². The fraction of sp³-hybridized carbons (Fsp3) is 0.429. The van der Waals surface area contributed by atoms with Crippen molar-refractivity contribution in [2.24, 2.45) is 5.73 Å². The molecule has 1 aromatic heterocycles. The van der Waals surface area contributed by atoms with Gasteiger partial charge in [0.2, 0.25) is 5.75 Å². The fourth-order valence-corrected chi connectivity index (χ4v) is 4.15. The van der Waals surface area contributed by atoms with Crippen molar-refractivity contribution >= 4 is 16.9 Å². The predicted molar refractivity (Wildman–Crippen MR) is 179 cm³/mol. The van der Waals surface area contributed by atoms with Crippen LogP contribution in [0.1, 0.15) is 16.8 Å². The highest BCUT2D eigenvalue weighted by atomic mass is 16.6. The van der Waals surface area contributed by atoms with Gasteiger partial charge in [-0.1, -0.05) is 37.4 Å². The number of hydrogen-bond acceptors (Lipinski definition) is 11. The van der Waals surface area contributed by atoms with Gasteiger partial charge in [0.05, 0.1) is 64.8 Å². The lowest BCUT2D eigenvalue weighted by Crippen LogP contribution is -2.27. The van der Waals surface area contributed by atoms with E-state index in [-0.39, 0.29) is 30.1 Å². The summed E-state index contributed by atoms with van der Waals surface area (Å²) < 4.78 is 44.9. The molecule has 0 aliphatic rings. The Bertz CT molecular complexity index is 1420. The second kappa shape index (κ2) is 22.5. The zero-order valence-electron chi connectivity index (χ0n) is 26.9. The van der Waals surface area contributed by atoms with Crippen LogP contribution >= 0.6 is 0 Å². The van der Waals surface area contributed by atoms with Gasteiger partial charge in [-0.05, 0) is 37.2 Å². The number of carbonyl (C=O) groups excluding carboxylic acids is 1. The number of ether oxygens (including phenoxy) is 7. The second-order valence-corrected chi connectivity index (χ2v) is 9.98. The van der Waals surface area contributed by atoms with Gasteiger partial charge < -0.3 is 48.6 Å². The molecular weight excluding hydrogens is 608 g/mol. The Labute approximate surface area is 275 Å². The molecule has 0 aliphatic carbocycles. The Morgan fingerprint density at radius 2 is 1.34 bits per heavy atom. The van der Waals surface area contributed by atoms with Crippen LogP contribution < -0.4 is 26.0 Å². The van der Waals surface area contributed by atoms with E-state index in [1.54, 1.807) is 48.6 Å². The zero-order chi connectivity index (χ0) is 33.5. The highest BCUT2D eigenvalue weighted by Gasteiger charge is 2.17. The second-order valence-electron chi connectivity index (χ2n) is 9.98. The van der Waals surface area contributed by atoms with Crippen molar-refractivity contribution in [3.63, 3.8) is 0 Å². The summed E-state index contributed by atoms with van der Waals surface area (Å²) in [5.74, 6) is 0.796. The number of carbonyl (C=O) groups is 1. The van der Waals surface area contributed by atoms with E-state index in [0.717, 1.165) is 6.42 Å². The first-order chi connectivity index (χ1) is 23.1. The SMILES string of the molecule is C=CCOc1ccc2c(=O)cc(-c3ccc(C(=O)NCCOCCOCCOCCOCCOCCCN)cc3)oc2c1OCC=C. The zero-order valence-corrected chi connectivity index (χ0v) is 26.9. The van der Waals surface area contributed by atoms with E-state index in [2.05, 4.69) is 18.5 Å². The maximum absolute atomic E-state index is 12.9. The lowest BCUT2D eigenvalue weighted by Gasteiger charge is -2.13. The van der Waals surface area contributed by atoms with E-state index in [1.165, 1.54) is 6.07 Å². The minimum Gasteiger partial charge on any atom is -0.486 e. The lowest BCUT2D eigenvalue weighted by atomic mass is 10.1. The molecule has 0 spiro atoms. The maximum atomic E-state index is 12.9. The van der Waals surface area contributed by atoms with Crippen LogP contribution in [0.4, 0.5) is 0 Å². The Morgan fingerprint density at radius 3 is 1.94 bits per heavy atom. The monoisotopic (exact) mass is 654 g/mol. The van der Waals surface area contributed by atoms with E-state index in [1.807, 2.05) is 0 Å². The molecule has 47 heavy (non-hydrogen) atoms. The molecule has 1 amide bonds. The van der Waals surface area contributed by atoms with Crippen LogP contribution in [0.15, 0.2) is 77.0 Å². The summed E-state index contributed by atoms with van der Waals surface area (Å²) in [6.07, 6.45) is 4.05. The van der Waals surface area contributed by atoms with Crippen molar-refractivity contribution in [1.82, 2.24) is 5.32 Å². The Hall–Kier alpha value is -4.04. The fourth-order valence-electron chi connectivity index (χ4n) is 4.15. The van der Waals surface area contributed by atoms with Crippen LogP contribution in [0.5, 0.6) is 11.5 Å². The van der Waals surface area contributed by atoms with Crippen LogP contribution in [0, 0.1) is 0 Å². The molecule has 256 valence electrons. The summed E-state index contributed by atoms with van der Waals surface area (Å²) in [5, 5.41) is 3.18. The molecule has 0 aliphatic heterocycles. The molecule has 2 aromatic carbocycles. The molecule has 0 bridgehead atoms. The molecule has 12 heteroatoms. The number of fused-ring (bicyclic) bond motifs is 1. The molecule has 0 saturated carbocycles. The molecule has 0 unspecified atom stereocenters. The van der Waals surface area contributed by atoms with E-state index < -0.39 is 0 Å². The highest BCUT2D eigenvalue weighted by Crippen LogP contribution is 2.36. The van der Waals surface area contributed by atoms with E-state index >= 15 is 0 Å². The first-order valence-electron chi connectivity index (χ1n) is 15.6. The number of nitrogens with two attached hydrogens (primary N) is 1. The van der Waals surface area contributed by atoms with Crippen LogP contribution in [-0.2, 0) is 23.7 Å². The summed E-state index contributed by atoms with van der Waals surface area (Å²) in [7, 11) is 0. The summed E-state index contributed by atoms with van der Waals surface area (Å²) in [6, 6.07) is 11.5. The van der Waals surface area contributed by atoms with Crippen molar-refractivity contribution in [1.29, 1.82) is 0 Å². The molecule has 3 aromatic rings. The minimum atomic E-state index is -0.249. The summed E-state index contributed by atoms with van der Waals surface area (Å²) in [5.41, 5.74) is 6.49. The number of benzene rings is 2. The Kier molecular flexibility index (Phi) is 17.9. The highest BCUT2D eigenvalue weighted by molar-refractivity contribution is 5.94.